The Labute approximate surface area is 184 Å². The smallest absolute Gasteiger partial charge is 0.272 e. The lowest BCUT2D eigenvalue weighted by molar-refractivity contribution is 0.102. The van der Waals surface area contributed by atoms with Gasteiger partial charge in [0.15, 0.2) is 0 Å². The lowest BCUT2D eigenvalue weighted by Gasteiger charge is -2.05. The quantitative estimate of drug-likeness (QED) is 0.194. The first-order valence-electron chi connectivity index (χ1n) is 9.54. The van der Waals surface area contributed by atoms with E-state index >= 15 is 0 Å². The van der Waals surface area contributed by atoms with Crippen molar-refractivity contribution in [1.82, 2.24) is 4.98 Å². The van der Waals surface area contributed by atoms with Gasteiger partial charge in [0.25, 0.3) is 5.91 Å². The molecule has 0 aliphatic rings. The number of hydrogen-bond donors (Lipinski definition) is 6. The van der Waals surface area contributed by atoms with Crippen molar-refractivity contribution in [2.75, 3.05) is 5.32 Å². The van der Waals surface area contributed by atoms with Crippen LogP contribution in [0.25, 0.3) is 10.9 Å². The molecule has 0 fully saturated rings. The number of nitrogens with two attached hydrogens (primary N) is 4. The van der Waals surface area contributed by atoms with Gasteiger partial charge in [-0.05, 0) is 55.3 Å². The van der Waals surface area contributed by atoms with Gasteiger partial charge in [0.05, 0.1) is 11.4 Å². The molecule has 32 heavy (non-hydrogen) atoms. The van der Waals surface area contributed by atoms with Crippen molar-refractivity contribution in [2.45, 2.75) is 13.8 Å². The second kappa shape index (κ2) is 9.43. The van der Waals surface area contributed by atoms with E-state index in [0.717, 1.165) is 22.0 Å². The van der Waals surface area contributed by atoms with Gasteiger partial charge >= 0.3 is 0 Å². The summed E-state index contributed by atoms with van der Waals surface area (Å²) in [5.74, 6) is -0.502. The zero-order chi connectivity index (χ0) is 23.3. The summed E-state index contributed by atoms with van der Waals surface area (Å²) in [4.78, 5) is 15.8. The lowest BCUT2D eigenvalue weighted by atomic mass is 10.1. The van der Waals surface area contributed by atoms with E-state index in [1.807, 2.05) is 30.3 Å². The lowest BCUT2D eigenvalue weighted by Crippen LogP contribution is -2.22. The van der Waals surface area contributed by atoms with Crippen LogP contribution in [0, 0.1) is 0 Å². The molecule has 0 saturated carbocycles. The van der Waals surface area contributed by atoms with E-state index in [4.69, 9.17) is 22.9 Å². The number of fused-ring (bicyclic) bond motifs is 1. The van der Waals surface area contributed by atoms with Crippen LogP contribution in [0.15, 0.2) is 68.9 Å². The number of hydrogen-bond acceptors (Lipinski definition) is 5. The number of H-pyrrole nitrogens is 1. The van der Waals surface area contributed by atoms with Gasteiger partial charge in [-0.3, -0.25) is 4.79 Å². The third kappa shape index (κ3) is 5.48. The molecule has 0 atom stereocenters. The van der Waals surface area contributed by atoms with E-state index in [2.05, 4.69) is 30.7 Å². The molecule has 1 aromatic heterocycles. The highest BCUT2D eigenvalue weighted by atomic mass is 16.1. The molecule has 0 spiro atoms. The molecule has 0 aliphatic heterocycles. The average Bonchev–Trinajstić information content (AvgIpc) is 3.20. The van der Waals surface area contributed by atoms with E-state index in [0.29, 0.717) is 22.8 Å². The third-order valence-electron chi connectivity index (χ3n) is 4.47. The molecule has 1 amide bonds. The molecule has 0 unspecified atom stereocenters. The average molecular weight is 432 g/mol. The molecular weight excluding hydrogens is 408 g/mol. The van der Waals surface area contributed by atoms with Crippen LogP contribution in [0.1, 0.15) is 35.5 Å². The molecule has 11 nitrogen and oxygen atoms in total. The van der Waals surface area contributed by atoms with E-state index in [1.54, 1.807) is 32.0 Å². The molecule has 164 valence electrons. The minimum absolute atomic E-state index is 0.115. The summed E-state index contributed by atoms with van der Waals surface area (Å²) in [6, 6.07) is 14.6. The minimum atomic E-state index is -0.271. The normalized spacial score (nSPS) is 11.8. The highest BCUT2D eigenvalue weighted by Crippen LogP contribution is 2.19. The predicted octanol–water partition coefficient (Wildman–Crippen LogP) is 1.42. The SMILES string of the molecule is C/C(=N/N=C(N)N)c1ccc(NC(=O)c2cc3cc(/C(C)=N\N=C(N)N)ccc3[nH]2)cc1. The Morgan fingerprint density at radius 2 is 1.34 bits per heavy atom. The first-order chi connectivity index (χ1) is 15.2. The molecule has 0 bridgehead atoms. The largest absolute Gasteiger partial charge is 0.369 e. The van der Waals surface area contributed by atoms with Gasteiger partial charge in [-0.2, -0.15) is 10.2 Å². The number of carbonyl (C=O) groups is 1. The first kappa shape index (κ1) is 22.0. The summed E-state index contributed by atoms with van der Waals surface area (Å²) in [6.45, 7) is 3.57. The molecule has 0 saturated heterocycles. The summed E-state index contributed by atoms with van der Waals surface area (Å²) in [7, 11) is 0. The zero-order valence-corrected chi connectivity index (χ0v) is 17.6. The number of amides is 1. The Morgan fingerprint density at radius 3 is 1.94 bits per heavy atom. The van der Waals surface area contributed by atoms with Crippen molar-refractivity contribution in [2.24, 2.45) is 43.3 Å². The van der Waals surface area contributed by atoms with Crippen LogP contribution in [0.5, 0.6) is 0 Å². The number of guanidine groups is 2. The van der Waals surface area contributed by atoms with Crippen LogP contribution in [0.4, 0.5) is 5.69 Å². The summed E-state index contributed by atoms with van der Waals surface area (Å²) in [5, 5.41) is 18.9. The molecule has 10 N–H and O–H groups in total. The van der Waals surface area contributed by atoms with Crippen LogP contribution < -0.4 is 28.3 Å². The Bertz CT molecular complexity index is 1260. The maximum absolute atomic E-state index is 12.7. The van der Waals surface area contributed by atoms with E-state index in [1.165, 1.54) is 0 Å². The van der Waals surface area contributed by atoms with Crippen LogP contribution >= 0.6 is 0 Å². The monoisotopic (exact) mass is 432 g/mol. The van der Waals surface area contributed by atoms with Crippen LogP contribution in [-0.2, 0) is 0 Å². The Kier molecular flexibility index (Phi) is 6.49. The van der Waals surface area contributed by atoms with Crippen LogP contribution in [-0.4, -0.2) is 34.2 Å². The predicted molar refractivity (Wildman–Crippen MR) is 129 cm³/mol. The van der Waals surface area contributed by atoms with Crippen molar-refractivity contribution >= 4 is 45.8 Å². The second-order valence-electron chi connectivity index (χ2n) is 6.94. The number of anilines is 1. The fraction of sp³-hybridized carbons (Fsp3) is 0.0952. The molecule has 3 rings (SSSR count). The Morgan fingerprint density at radius 1 is 0.781 bits per heavy atom. The molecule has 2 aromatic carbocycles. The van der Waals surface area contributed by atoms with Crippen molar-refractivity contribution in [3.05, 3.63) is 65.4 Å². The third-order valence-corrected chi connectivity index (χ3v) is 4.47. The van der Waals surface area contributed by atoms with E-state index in [-0.39, 0.29) is 17.8 Å². The van der Waals surface area contributed by atoms with Gasteiger partial charge < -0.3 is 33.2 Å². The summed E-state index contributed by atoms with van der Waals surface area (Å²) >= 11 is 0. The highest BCUT2D eigenvalue weighted by molar-refractivity contribution is 6.08. The van der Waals surface area contributed by atoms with Gasteiger partial charge in [0.2, 0.25) is 11.9 Å². The van der Waals surface area contributed by atoms with E-state index < -0.39 is 0 Å². The molecule has 11 heteroatoms. The molecule has 1 heterocycles. The Balaban J connectivity index is 1.76. The number of rotatable bonds is 6. The maximum atomic E-state index is 12.7. The van der Waals surface area contributed by atoms with Gasteiger partial charge in [-0.15, -0.1) is 10.2 Å². The number of carbonyl (C=O) groups excluding carboxylic acids is 1. The van der Waals surface area contributed by atoms with Crippen molar-refractivity contribution in [1.29, 1.82) is 0 Å². The van der Waals surface area contributed by atoms with Gasteiger partial charge in [-0.25, -0.2) is 0 Å². The second-order valence-corrected chi connectivity index (χ2v) is 6.94. The van der Waals surface area contributed by atoms with E-state index in [9.17, 15) is 4.79 Å². The van der Waals surface area contributed by atoms with Gasteiger partial charge in [0.1, 0.15) is 5.69 Å². The summed E-state index contributed by atoms with van der Waals surface area (Å²) in [6.07, 6.45) is 0. The number of nitrogens with one attached hydrogen (secondary N) is 2. The summed E-state index contributed by atoms with van der Waals surface area (Å²) in [5.41, 5.74) is 26.0. The minimum Gasteiger partial charge on any atom is -0.369 e. The molecule has 0 aliphatic carbocycles. The molecular formula is C21H24N10O. The fourth-order valence-electron chi connectivity index (χ4n) is 2.85. The number of benzene rings is 2. The van der Waals surface area contributed by atoms with Crippen LogP contribution in [0.3, 0.4) is 0 Å². The van der Waals surface area contributed by atoms with Crippen molar-refractivity contribution in [3.8, 4) is 0 Å². The fourth-order valence-corrected chi connectivity index (χ4v) is 2.85. The van der Waals surface area contributed by atoms with Gasteiger partial charge in [0, 0.05) is 16.6 Å². The summed E-state index contributed by atoms with van der Waals surface area (Å²) < 4.78 is 0. The number of aromatic amines is 1. The standard InChI is InChI=1S/C21H24N10O/c1-11(28-30-20(22)23)13-3-6-16(7-4-13)26-19(32)18-10-15-9-14(5-8-17(15)27-18)12(2)29-31-21(24)25/h3-10,27H,1-2H3,(H,26,32)(H4,22,23,30)(H4,24,25,31)/b28-11-,29-12-. The number of aromatic nitrogens is 1. The first-order valence-corrected chi connectivity index (χ1v) is 9.54. The maximum Gasteiger partial charge on any atom is 0.272 e. The highest BCUT2D eigenvalue weighted by Gasteiger charge is 2.11. The molecule has 0 radical (unpaired) electrons. The van der Waals surface area contributed by atoms with Crippen molar-refractivity contribution in [3.63, 3.8) is 0 Å². The van der Waals surface area contributed by atoms with Gasteiger partial charge in [-0.1, -0.05) is 18.2 Å². The van der Waals surface area contributed by atoms with Crippen LogP contribution in [0.2, 0.25) is 0 Å². The zero-order valence-electron chi connectivity index (χ0n) is 17.6. The molecule has 3 aromatic rings. The number of nitrogens with zero attached hydrogens (tertiary/aromatic N) is 4. The van der Waals surface area contributed by atoms with Crippen molar-refractivity contribution < 1.29 is 4.79 Å². The topological polar surface area (TPSA) is 198 Å². The Hall–Kier alpha value is -4.67.